The van der Waals surface area contributed by atoms with Crippen molar-refractivity contribution < 1.29 is 14.6 Å². The highest BCUT2D eigenvalue weighted by molar-refractivity contribution is 6.30. The molecule has 0 aliphatic rings. The number of benzene rings is 3. The maximum absolute atomic E-state index is 12.1. The van der Waals surface area contributed by atoms with E-state index in [4.69, 9.17) is 16.3 Å². The Bertz CT molecular complexity index is 948. The molecule has 3 aromatic carbocycles. The smallest absolute Gasteiger partial charge is 0.343 e. The van der Waals surface area contributed by atoms with E-state index >= 15 is 0 Å². The van der Waals surface area contributed by atoms with Crippen LogP contribution in [0.1, 0.15) is 21.5 Å². The molecule has 0 radical (unpaired) electrons. The minimum Gasteiger partial charge on any atom is -0.506 e. The van der Waals surface area contributed by atoms with E-state index in [1.807, 2.05) is 13.0 Å². The number of hydrogen-bond acceptors (Lipinski definition) is 4. The number of carbonyl (C=O) groups excluding carboxylic acids is 1. The third kappa shape index (κ3) is 4.49. The molecule has 0 saturated heterocycles. The normalized spacial score (nSPS) is 10.8. The van der Waals surface area contributed by atoms with Gasteiger partial charge in [-0.05, 0) is 78.7 Å². The van der Waals surface area contributed by atoms with Gasteiger partial charge < -0.3 is 9.84 Å². The Hall–Kier alpha value is -3.11. The SMILES string of the molecule is Cc1ccc(O)c(N=Cc2ccc(OC(=O)c3ccc(Cl)cc3)cc2)c1. The Morgan fingerprint density at radius 2 is 1.73 bits per heavy atom. The van der Waals surface area contributed by atoms with Crippen molar-refractivity contribution in [2.24, 2.45) is 4.99 Å². The number of nitrogens with zero attached hydrogens (tertiary/aromatic N) is 1. The molecular formula is C21H16ClNO3. The molecule has 0 aromatic heterocycles. The summed E-state index contributed by atoms with van der Waals surface area (Å²) in [5.41, 5.74) is 2.76. The number of esters is 1. The number of hydrogen-bond donors (Lipinski definition) is 1. The van der Waals surface area contributed by atoms with Crippen molar-refractivity contribution in [3.63, 3.8) is 0 Å². The van der Waals surface area contributed by atoms with Crippen LogP contribution >= 0.6 is 11.6 Å². The first-order valence-electron chi connectivity index (χ1n) is 7.93. The minimum atomic E-state index is -0.451. The van der Waals surface area contributed by atoms with Crippen LogP contribution in [-0.4, -0.2) is 17.3 Å². The lowest BCUT2D eigenvalue weighted by Gasteiger charge is -2.05. The van der Waals surface area contributed by atoms with E-state index in [0.717, 1.165) is 11.1 Å². The van der Waals surface area contributed by atoms with Gasteiger partial charge in [0.15, 0.2) is 0 Å². The predicted molar refractivity (Wildman–Crippen MR) is 103 cm³/mol. The molecule has 0 atom stereocenters. The van der Waals surface area contributed by atoms with Crippen molar-refractivity contribution in [3.8, 4) is 11.5 Å². The summed E-state index contributed by atoms with van der Waals surface area (Å²) >= 11 is 5.81. The van der Waals surface area contributed by atoms with Crippen molar-refractivity contribution in [3.05, 3.63) is 88.4 Å². The van der Waals surface area contributed by atoms with Crippen molar-refractivity contribution in [1.82, 2.24) is 0 Å². The Labute approximate surface area is 156 Å². The molecule has 3 rings (SSSR count). The van der Waals surface area contributed by atoms with Gasteiger partial charge in [-0.2, -0.15) is 0 Å². The van der Waals surface area contributed by atoms with E-state index in [1.165, 1.54) is 0 Å². The van der Waals surface area contributed by atoms with Crippen molar-refractivity contribution >= 4 is 29.5 Å². The molecule has 0 unspecified atom stereocenters. The molecule has 0 bridgehead atoms. The van der Waals surface area contributed by atoms with E-state index < -0.39 is 5.97 Å². The fourth-order valence-electron chi connectivity index (χ4n) is 2.25. The van der Waals surface area contributed by atoms with Gasteiger partial charge in [0.05, 0.1) is 5.56 Å². The third-order valence-electron chi connectivity index (χ3n) is 3.65. The summed E-state index contributed by atoms with van der Waals surface area (Å²) in [7, 11) is 0. The zero-order chi connectivity index (χ0) is 18.5. The van der Waals surface area contributed by atoms with E-state index in [0.29, 0.717) is 22.0 Å². The molecule has 0 saturated carbocycles. The molecule has 3 aromatic rings. The second kappa shape index (κ2) is 7.85. The van der Waals surface area contributed by atoms with Crippen molar-refractivity contribution in [1.29, 1.82) is 0 Å². The molecular weight excluding hydrogens is 350 g/mol. The van der Waals surface area contributed by atoms with Gasteiger partial charge in [-0.25, -0.2) is 4.79 Å². The Morgan fingerprint density at radius 3 is 2.42 bits per heavy atom. The average Bonchev–Trinajstić information content (AvgIpc) is 2.64. The van der Waals surface area contributed by atoms with Crippen LogP contribution in [0, 0.1) is 6.92 Å². The Kier molecular flexibility index (Phi) is 5.34. The quantitative estimate of drug-likeness (QED) is 0.386. The van der Waals surface area contributed by atoms with Crippen LogP contribution in [0.15, 0.2) is 71.7 Å². The number of aromatic hydroxyl groups is 1. The topological polar surface area (TPSA) is 58.9 Å². The summed E-state index contributed by atoms with van der Waals surface area (Å²) in [5, 5.41) is 10.4. The third-order valence-corrected chi connectivity index (χ3v) is 3.91. The first-order chi connectivity index (χ1) is 12.5. The minimum absolute atomic E-state index is 0.125. The van der Waals surface area contributed by atoms with E-state index in [2.05, 4.69) is 4.99 Å². The first-order valence-corrected chi connectivity index (χ1v) is 8.30. The molecule has 26 heavy (non-hydrogen) atoms. The Morgan fingerprint density at radius 1 is 1.04 bits per heavy atom. The van der Waals surface area contributed by atoms with Gasteiger partial charge in [-0.3, -0.25) is 4.99 Å². The number of phenols is 1. The molecule has 0 aliphatic carbocycles. The lowest BCUT2D eigenvalue weighted by molar-refractivity contribution is 0.0735. The van der Waals surface area contributed by atoms with Gasteiger partial charge in [-0.1, -0.05) is 17.7 Å². The molecule has 5 heteroatoms. The second-order valence-electron chi connectivity index (χ2n) is 5.72. The van der Waals surface area contributed by atoms with Crippen LogP contribution in [0.2, 0.25) is 5.02 Å². The number of rotatable bonds is 4. The van der Waals surface area contributed by atoms with Gasteiger partial charge in [-0.15, -0.1) is 0 Å². The van der Waals surface area contributed by atoms with E-state index in [-0.39, 0.29) is 5.75 Å². The lowest BCUT2D eigenvalue weighted by Crippen LogP contribution is -2.08. The number of halogens is 1. The summed E-state index contributed by atoms with van der Waals surface area (Å²) < 4.78 is 5.33. The summed E-state index contributed by atoms with van der Waals surface area (Å²) in [5.74, 6) is 0.105. The molecule has 1 N–H and O–H groups in total. The Balaban J connectivity index is 1.68. The summed E-state index contributed by atoms with van der Waals surface area (Å²) in [6.45, 7) is 1.93. The zero-order valence-electron chi connectivity index (χ0n) is 14.0. The highest BCUT2D eigenvalue weighted by Gasteiger charge is 2.08. The van der Waals surface area contributed by atoms with Crippen LogP contribution in [-0.2, 0) is 0 Å². The number of carbonyl (C=O) groups is 1. The first kappa shape index (κ1) is 17.7. The summed E-state index contributed by atoms with van der Waals surface area (Å²) in [6.07, 6.45) is 1.64. The highest BCUT2D eigenvalue weighted by atomic mass is 35.5. The second-order valence-corrected chi connectivity index (χ2v) is 6.15. The monoisotopic (exact) mass is 365 g/mol. The van der Waals surface area contributed by atoms with Crippen LogP contribution in [0.25, 0.3) is 0 Å². The van der Waals surface area contributed by atoms with Crippen LogP contribution in [0.4, 0.5) is 5.69 Å². The van der Waals surface area contributed by atoms with Crippen LogP contribution < -0.4 is 4.74 Å². The molecule has 4 nitrogen and oxygen atoms in total. The zero-order valence-corrected chi connectivity index (χ0v) is 14.8. The highest BCUT2D eigenvalue weighted by Crippen LogP contribution is 2.27. The van der Waals surface area contributed by atoms with Crippen molar-refractivity contribution in [2.75, 3.05) is 0 Å². The van der Waals surface area contributed by atoms with E-state index in [1.54, 1.807) is 66.9 Å². The molecule has 0 aliphatic heterocycles. The molecule has 0 spiro atoms. The molecule has 0 amide bonds. The number of ether oxygens (including phenoxy) is 1. The van der Waals surface area contributed by atoms with Gasteiger partial charge in [0, 0.05) is 11.2 Å². The number of phenolic OH excluding ortho intramolecular Hbond substituents is 1. The standard InChI is InChI=1S/C21H16ClNO3/c1-14-2-11-20(24)19(12-14)23-13-15-3-9-18(10-4-15)26-21(25)16-5-7-17(22)8-6-16/h2-13,24H,1H3. The van der Waals surface area contributed by atoms with Gasteiger partial charge in [0.2, 0.25) is 0 Å². The average molecular weight is 366 g/mol. The number of aryl methyl sites for hydroxylation is 1. The largest absolute Gasteiger partial charge is 0.506 e. The fourth-order valence-corrected chi connectivity index (χ4v) is 2.38. The maximum atomic E-state index is 12.1. The maximum Gasteiger partial charge on any atom is 0.343 e. The van der Waals surface area contributed by atoms with E-state index in [9.17, 15) is 9.90 Å². The summed E-state index contributed by atoms with van der Waals surface area (Å²) in [4.78, 5) is 16.4. The van der Waals surface area contributed by atoms with Gasteiger partial charge in [0.1, 0.15) is 17.2 Å². The molecule has 130 valence electrons. The number of aliphatic imine (C=N–C) groups is 1. The lowest BCUT2D eigenvalue weighted by atomic mass is 10.2. The predicted octanol–water partition coefficient (Wildman–Crippen LogP) is 5.32. The molecule has 0 fully saturated rings. The fraction of sp³-hybridized carbons (Fsp3) is 0.0476. The van der Waals surface area contributed by atoms with Crippen molar-refractivity contribution in [2.45, 2.75) is 6.92 Å². The van der Waals surface area contributed by atoms with Crippen LogP contribution in [0.5, 0.6) is 11.5 Å². The summed E-state index contributed by atoms with van der Waals surface area (Å²) in [6, 6.07) is 18.7. The molecule has 0 heterocycles. The van der Waals surface area contributed by atoms with Gasteiger partial charge in [0.25, 0.3) is 0 Å². The van der Waals surface area contributed by atoms with Crippen LogP contribution in [0.3, 0.4) is 0 Å². The van der Waals surface area contributed by atoms with Gasteiger partial charge >= 0.3 is 5.97 Å².